The average Bonchev–Trinajstić information content (AvgIpc) is 3.26. The Bertz CT molecular complexity index is 1290. The summed E-state index contributed by atoms with van der Waals surface area (Å²) in [4.78, 5) is 37.8. The van der Waals surface area contributed by atoms with Crippen LogP contribution in [0.5, 0.6) is 0 Å². The van der Waals surface area contributed by atoms with Crippen molar-refractivity contribution in [3.05, 3.63) is 109 Å². The standard InChI is InChI=1S/C55H88O6/c1-4-7-10-13-16-19-21-23-25-26-27-28-30-31-33-36-39-42-45-48-54(57)60-51-52(50-59-53(56)47-44-41-38-35-18-15-12-9-6-3)61-55(58)49-46-43-40-37-34-32-29-24-22-20-17-14-11-8-5-2/h7-8,10-11,16-17,19-20,23-25,27-29,31,33,39,42,52H,4-6,9,12-15,18,21-22,26,30,32,34-38,40-41,43-51H2,1-3H3/b10-7-,11-8-,19-16-,20-17-,25-23-,28-27-,29-24-,33-31-,42-39-. The number of ether oxygens (including phenoxy) is 3. The molecule has 0 aromatic heterocycles. The smallest absolute Gasteiger partial charge is 0.306 e. The number of rotatable bonds is 42. The Balaban J connectivity index is 4.51. The van der Waals surface area contributed by atoms with Gasteiger partial charge in [0.1, 0.15) is 13.2 Å². The lowest BCUT2D eigenvalue weighted by Crippen LogP contribution is -2.30. The van der Waals surface area contributed by atoms with E-state index < -0.39 is 6.10 Å². The molecule has 0 N–H and O–H groups in total. The number of carbonyl (C=O) groups excluding carboxylic acids is 3. The maximum Gasteiger partial charge on any atom is 0.306 e. The molecule has 0 aromatic rings. The number of esters is 3. The van der Waals surface area contributed by atoms with Gasteiger partial charge in [0.05, 0.1) is 0 Å². The fourth-order valence-corrected chi connectivity index (χ4v) is 6.19. The Kier molecular flexibility index (Phi) is 45.6. The molecule has 6 heteroatoms. The van der Waals surface area contributed by atoms with Gasteiger partial charge in [-0.3, -0.25) is 14.4 Å². The van der Waals surface area contributed by atoms with Crippen LogP contribution in [-0.2, 0) is 28.6 Å². The van der Waals surface area contributed by atoms with Crippen molar-refractivity contribution >= 4 is 17.9 Å². The van der Waals surface area contributed by atoms with Crippen LogP contribution < -0.4 is 0 Å². The van der Waals surface area contributed by atoms with Crippen molar-refractivity contribution in [2.45, 2.75) is 207 Å². The highest BCUT2D eigenvalue weighted by Crippen LogP contribution is 2.13. The van der Waals surface area contributed by atoms with E-state index in [9.17, 15) is 14.4 Å². The van der Waals surface area contributed by atoms with E-state index in [4.69, 9.17) is 14.2 Å². The number of allylic oxidation sites excluding steroid dienone is 18. The first-order valence-corrected chi connectivity index (χ1v) is 24.4. The Morgan fingerprint density at radius 1 is 0.344 bits per heavy atom. The summed E-state index contributed by atoms with van der Waals surface area (Å²) >= 11 is 0. The largest absolute Gasteiger partial charge is 0.462 e. The van der Waals surface area contributed by atoms with E-state index in [1.807, 2.05) is 12.2 Å². The summed E-state index contributed by atoms with van der Waals surface area (Å²) in [6.45, 7) is 6.29. The predicted octanol–water partition coefficient (Wildman–Crippen LogP) is 16.0. The summed E-state index contributed by atoms with van der Waals surface area (Å²) in [7, 11) is 0. The summed E-state index contributed by atoms with van der Waals surface area (Å²) in [5.41, 5.74) is 0. The predicted molar refractivity (Wildman–Crippen MR) is 260 cm³/mol. The highest BCUT2D eigenvalue weighted by Gasteiger charge is 2.19. The summed E-state index contributed by atoms with van der Waals surface area (Å²) in [6, 6.07) is 0. The van der Waals surface area contributed by atoms with Crippen molar-refractivity contribution in [1.29, 1.82) is 0 Å². The molecule has 1 atom stereocenters. The monoisotopic (exact) mass is 845 g/mol. The molecular formula is C55H88O6. The third kappa shape index (κ3) is 47.0. The van der Waals surface area contributed by atoms with Crippen molar-refractivity contribution in [3.63, 3.8) is 0 Å². The van der Waals surface area contributed by atoms with Gasteiger partial charge >= 0.3 is 17.9 Å². The number of carbonyl (C=O) groups is 3. The topological polar surface area (TPSA) is 78.9 Å². The van der Waals surface area contributed by atoms with Crippen molar-refractivity contribution < 1.29 is 28.6 Å². The lowest BCUT2D eigenvalue weighted by atomic mass is 10.1. The van der Waals surface area contributed by atoms with Gasteiger partial charge in [0, 0.05) is 19.3 Å². The quantitative estimate of drug-likeness (QED) is 0.0264. The molecule has 0 heterocycles. The van der Waals surface area contributed by atoms with Gasteiger partial charge in [0.15, 0.2) is 6.10 Å². The molecule has 0 radical (unpaired) electrons. The van der Waals surface area contributed by atoms with E-state index >= 15 is 0 Å². The van der Waals surface area contributed by atoms with Gasteiger partial charge < -0.3 is 14.2 Å². The first kappa shape index (κ1) is 57.1. The van der Waals surface area contributed by atoms with Crippen LogP contribution in [0.25, 0.3) is 0 Å². The molecule has 0 bridgehead atoms. The summed E-state index contributed by atoms with van der Waals surface area (Å²) in [5.74, 6) is -1.03. The second kappa shape index (κ2) is 48.7. The summed E-state index contributed by atoms with van der Waals surface area (Å²) in [6.07, 6.45) is 65.1. The first-order valence-electron chi connectivity index (χ1n) is 24.4. The van der Waals surface area contributed by atoms with Crippen LogP contribution in [0.3, 0.4) is 0 Å². The molecule has 0 aliphatic carbocycles. The third-order valence-electron chi connectivity index (χ3n) is 9.79. The molecule has 0 amide bonds. The maximum atomic E-state index is 12.7. The molecule has 0 spiro atoms. The van der Waals surface area contributed by atoms with Gasteiger partial charge in [0.2, 0.25) is 0 Å². The van der Waals surface area contributed by atoms with Crippen LogP contribution in [-0.4, -0.2) is 37.2 Å². The maximum absolute atomic E-state index is 12.7. The molecule has 344 valence electrons. The summed E-state index contributed by atoms with van der Waals surface area (Å²) < 4.78 is 16.6. The molecule has 0 fully saturated rings. The molecule has 0 rings (SSSR count). The van der Waals surface area contributed by atoms with E-state index in [1.165, 1.54) is 38.5 Å². The zero-order valence-electron chi connectivity index (χ0n) is 39.1. The van der Waals surface area contributed by atoms with Gasteiger partial charge in [-0.05, 0) is 89.9 Å². The van der Waals surface area contributed by atoms with Gasteiger partial charge in [0.25, 0.3) is 0 Å². The highest BCUT2D eigenvalue weighted by atomic mass is 16.6. The van der Waals surface area contributed by atoms with Gasteiger partial charge in [-0.25, -0.2) is 0 Å². The normalized spacial score (nSPS) is 13.0. The molecular weight excluding hydrogens is 757 g/mol. The van der Waals surface area contributed by atoms with Crippen LogP contribution in [0.4, 0.5) is 0 Å². The van der Waals surface area contributed by atoms with Crippen molar-refractivity contribution in [2.75, 3.05) is 13.2 Å². The van der Waals surface area contributed by atoms with Crippen LogP contribution in [0.2, 0.25) is 0 Å². The molecule has 6 nitrogen and oxygen atoms in total. The molecule has 0 aromatic carbocycles. The minimum atomic E-state index is -0.816. The summed E-state index contributed by atoms with van der Waals surface area (Å²) in [5, 5.41) is 0. The van der Waals surface area contributed by atoms with Gasteiger partial charge in [-0.15, -0.1) is 0 Å². The molecule has 0 saturated heterocycles. The van der Waals surface area contributed by atoms with E-state index in [-0.39, 0.29) is 37.5 Å². The Labute approximate surface area is 374 Å². The minimum absolute atomic E-state index is 0.109. The third-order valence-corrected chi connectivity index (χ3v) is 9.79. The zero-order chi connectivity index (χ0) is 44.4. The van der Waals surface area contributed by atoms with Gasteiger partial charge in [-0.1, -0.05) is 201 Å². The van der Waals surface area contributed by atoms with Crippen LogP contribution in [0.15, 0.2) is 109 Å². The second-order valence-corrected chi connectivity index (χ2v) is 15.6. The average molecular weight is 845 g/mol. The minimum Gasteiger partial charge on any atom is -0.462 e. The van der Waals surface area contributed by atoms with E-state index in [1.54, 1.807) is 0 Å². The number of hydrogen-bond acceptors (Lipinski definition) is 6. The Hall–Kier alpha value is -3.93. The second-order valence-electron chi connectivity index (χ2n) is 15.6. The van der Waals surface area contributed by atoms with Crippen LogP contribution in [0.1, 0.15) is 201 Å². The van der Waals surface area contributed by atoms with Crippen LogP contribution in [0, 0.1) is 0 Å². The number of unbranched alkanes of at least 4 members (excludes halogenated alkanes) is 13. The first-order chi connectivity index (χ1) is 30.0. The van der Waals surface area contributed by atoms with E-state index in [0.717, 1.165) is 116 Å². The van der Waals surface area contributed by atoms with Gasteiger partial charge in [-0.2, -0.15) is 0 Å². The molecule has 0 aliphatic rings. The lowest BCUT2D eigenvalue weighted by molar-refractivity contribution is -0.166. The Morgan fingerprint density at radius 2 is 0.672 bits per heavy atom. The van der Waals surface area contributed by atoms with Crippen molar-refractivity contribution in [2.24, 2.45) is 0 Å². The van der Waals surface area contributed by atoms with E-state index in [2.05, 4.69) is 118 Å². The van der Waals surface area contributed by atoms with Crippen LogP contribution >= 0.6 is 0 Å². The van der Waals surface area contributed by atoms with E-state index in [0.29, 0.717) is 19.3 Å². The fourth-order valence-electron chi connectivity index (χ4n) is 6.19. The fraction of sp³-hybridized carbons (Fsp3) is 0.618. The Morgan fingerprint density at radius 3 is 1.10 bits per heavy atom. The lowest BCUT2D eigenvalue weighted by Gasteiger charge is -2.18. The SMILES string of the molecule is CC/C=C\C/C=C\C/C=C\C/C=C\C/C=C\C/C=C\CCC(=O)OCC(COC(=O)CCCCCCCCCCC)OC(=O)CCCCCCC/C=C\C/C=C\C/C=C\CC. The molecule has 0 saturated carbocycles. The zero-order valence-corrected chi connectivity index (χ0v) is 39.1. The molecule has 61 heavy (non-hydrogen) atoms. The molecule has 0 aliphatic heterocycles. The highest BCUT2D eigenvalue weighted by molar-refractivity contribution is 5.71. The number of hydrogen-bond donors (Lipinski definition) is 0. The van der Waals surface area contributed by atoms with Crippen molar-refractivity contribution in [1.82, 2.24) is 0 Å². The molecule has 1 unspecified atom stereocenters. The van der Waals surface area contributed by atoms with Crippen molar-refractivity contribution in [3.8, 4) is 0 Å².